The number of allylic oxidation sites excluding steroid dienone is 1. The lowest BCUT2D eigenvalue weighted by atomic mass is 9.71. The zero-order valence-electron chi connectivity index (χ0n) is 23.8. The van der Waals surface area contributed by atoms with Gasteiger partial charge < -0.3 is 24.4 Å². The summed E-state index contributed by atoms with van der Waals surface area (Å²) in [6, 6.07) is 7.72. The number of rotatable bonds is 5. The number of para-hydroxylation sites is 1. The Labute approximate surface area is 228 Å². The molecule has 0 saturated carbocycles. The van der Waals surface area contributed by atoms with Gasteiger partial charge >= 0.3 is 17.9 Å². The van der Waals surface area contributed by atoms with Crippen LogP contribution in [-0.4, -0.2) is 53.6 Å². The SMILES string of the molecule is CCC(C(=O)OC(C)(C)C)(C(=O)OC(C)(C)C)C1=C(C(=O)OC)C(=O)N2CC3=Cc4ccccc4NC3=C2C1. The van der Waals surface area contributed by atoms with Crippen molar-refractivity contribution in [2.45, 2.75) is 72.5 Å². The van der Waals surface area contributed by atoms with Gasteiger partial charge in [-0.1, -0.05) is 25.1 Å². The van der Waals surface area contributed by atoms with Crippen molar-refractivity contribution in [3.05, 3.63) is 57.9 Å². The number of nitrogens with one attached hydrogen (secondary N) is 1. The zero-order chi connectivity index (χ0) is 28.9. The highest BCUT2D eigenvalue weighted by atomic mass is 16.6. The lowest BCUT2D eigenvalue weighted by Gasteiger charge is -2.39. The molecule has 1 aromatic carbocycles. The molecule has 0 spiro atoms. The Bertz CT molecular complexity index is 1320. The molecule has 3 heterocycles. The van der Waals surface area contributed by atoms with Crippen LogP contribution in [0.25, 0.3) is 6.08 Å². The Kier molecular flexibility index (Phi) is 7.00. The van der Waals surface area contributed by atoms with Gasteiger partial charge in [-0.3, -0.25) is 14.4 Å². The van der Waals surface area contributed by atoms with E-state index in [1.165, 1.54) is 4.90 Å². The Balaban J connectivity index is 1.96. The molecule has 0 aromatic heterocycles. The minimum absolute atomic E-state index is 0.0195. The van der Waals surface area contributed by atoms with Crippen LogP contribution in [-0.2, 0) is 33.4 Å². The quantitative estimate of drug-likeness (QED) is 0.253. The van der Waals surface area contributed by atoms with Gasteiger partial charge in [0.2, 0.25) is 0 Å². The molecule has 0 unspecified atom stereocenters. The second kappa shape index (κ2) is 9.70. The summed E-state index contributed by atoms with van der Waals surface area (Å²) >= 11 is 0. The summed E-state index contributed by atoms with van der Waals surface area (Å²) in [4.78, 5) is 56.6. The first-order valence-electron chi connectivity index (χ1n) is 13.0. The average Bonchev–Trinajstić information content (AvgIpc) is 3.18. The highest BCUT2D eigenvalue weighted by Crippen LogP contribution is 2.49. The summed E-state index contributed by atoms with van der Waals surface area (Å²) in [5.41, 5.74) is -0.318. The van der Waals surface area contributed by atoms with Crippen molar-refractivity contribution < 1.29 is 33.4 Å². The first kappa shape index (κ1) is 28.1. The van der Waals surface area contributed by atoms with E-state index < -0.39 is 40.4 Å². The number of fused-ring (bicyclic) bond motifs is 3. The van der Waals surface area contributed by atoms with E-state index in [0.29, 0.717) is 11.4 Å². The van der Waals surface area contributed by atoms with Crippen molar-refractivity contribution in [1.29, 1.82) is 0 Å². The molecule has 1 aromatic rings. The third-order valence-electron chi connectivity index (χ3n) is 6.85. The van der Waals surface area contributed by atoms with Gasteiger partial charge in [-0.15, -0.1) is 0 Å². The molecular formula is C30H36N2O7. The van der Waals surface area contributed by atoms with E-state index in [9.17, 15) is 19.2 Å². The molecule has 3 aliphatic heterocycles. The monoisotopic (exact) mass is 536 g/mol. The Morgan fingerprint density at radius 2 is 1.56 bits per heavy atom. The minimum Gasteiger partial charge on any atom is -0.465 e. The van der Waals surface area contributed by atoms with Crippen molar-refractivity contribution in [2.75, 3.05) is 19.0 Å². The molecule has 3 aliphatic rings. The lowest BCUT2D eigenvalue weighted by Crippen LogP contribution is -2.51. The van der Waals surface area contributed by atoms with E-state index in [1.807, 2.05) is 30.3 Å². The standard InChI is InChI=1S/C30H36N2O7/c1-9-30(26(35)38-28(2,3)4,27(36)39-29(5,6)7)19-15-21-23-18(14-17-12-10-11-13-20(17)31-23)16-32(21)24(33)22(19)25(34)37-8/h10-14,31H,9,15-16H2,1-8H3. The van der Waals surface area contributed by atoms with E-state index in [-0.39, 0.29) is 30.5 Å². The number of amides is 1. The second-order valence-electron chi connectivity index (χ2n) is 11.9. The predicted octanol–water partition coefficient (Wildman–Crippen LogP) is 4.50. The Hall–Kier alpha value is -3.88. The normalized spacial score (nSPS) is 17.1. The Morgan fingerprint density at radius 3 is 2.10 bits per heavy atom. The molecule has 0 aliphatic carbocycles. The first-order valence-corrected chi connectivity index (χ1v) is 13.0. The van der Waals surface area contributed by atoms with Crippen LogP contribution in [0.3, 0.4) is 0 Å². The van der Waals surface area contributed by atoms with E-state index in [4.69, 9.17) is 14.2 Å². The predicted molar refractivity (Wildman–Crippen MR) is 145 cm³/mol. The third-order valence-corrected chi connectivity index (χ3v) is 6.85. The van der Waals surface area contributed by atoms with E-state index >= 15 is 0 Å². The maximum atomic E-state index is 14.0. The summed E-state index contributed by atoms with van der Waals surface area (Å²) in [5, 5.41) is 3.41. The van der Waals surface area contributed by atoms with Crippen LogP contribution in [0.5, 0.6) is 0 Å². The van der Waals surface area contributed by atoms with Gasteiger partial charge in [0.1, 0.15) is 16.8 Å². The van der Waals surface area contributed by atoms with E-state index in [0.717, 1.165) is 23.9 Å². The fraction of sp³-hybridized carbons (Fsp3) is 0.467. The smallest absolute Gasteiger partial charge is 0.343 e. The largest absolute Gasteiger partial charge is 0.465 e. The molecule has 9 heteroatoms. The molecule has 0 saturated heterocycles. The molecule has 4 rings (SSSR count). The number of methoxy groups -OCH3 is 1. The topological polar surface area (TPSA) is 111 Å². The van der Waals surface area contributed by atoms with Gasteiger partial charge in [0.15, 0.2) is 5.41 Å². The van der Waals surface area contributed by atoms with Crippen molar-refractivity contribution in [3.63, 3.8) is 0 Å². The number of nitrogens with zero attached hydrogens (tertiary/aromatic N) is 1. The van der Waals surface area contributed by atoms with Crippen molar-refractivity contribution in [1.82, 2.24) is 4.90 Å². The lowest BCUT2D eigenvalue weighted by molar-refractivity contribution is -0.182. The maximum absolute atomic E-state index is 14.0. The second-order valence-corrected chi connectivity index (χ2v) is 11.9. The summed E-state index contributed by atoms with van der Waals surface area (Å²) in [5.74, 6) is -3.34. The number of benzene rings is 1. The number of hydrogen-bond donors (Lipinski definition) is 1. The van der Waals surface area contributed by atoms with Crippen LogP contribution < -0.4 is 5.32 Å². The third kappa shape index (κ3) is 4.97. The molecule has 0 radical (unpaired) electrons. The van der Waals surface area contributed by atoms with Gasteiger partial charge in [-0.05, 0) is 76.8 Å². The van der Waals surface area contributed by atoms with Gasteiger partial charge in [0.05, 0.1) is 19.4 Å². The van der Waals surface area contributed by atoms with E-state index in [1.54, 1.807) is 48.5 Å². The molecule has 0 bridgehead atoms. The van der Waals surface area contributed by atoms with Gasteiger partial charge in [-0.2, -0.15) is 0 Å². The number of carbonyl (C=O) groups excluding carboxylic acids is 4. The van der Waals surface area contributed by atoms with Crippen LogP contribution in [0, 0.1) is 5.41 Å². The van der Waals surface area contributed by atoms with Crippen molar-refractivity contribution >= 4 is 35.6 Å². The van der Waals surface area contributed by atoms with Crippen LogP contribution in [0.1, 0.15) is 66.9 Å². The highest BCUT2D eigenvalue weighted by molar-refractivity contribution is 6.21. The number of ether oxygens (including phenoxy) is 3. The number of hydrogen-bond acceptors (Lipinski definition) is 8. The van der Waals surface area contributed by atoms with Crippen LogP contribution in [0.2, 0.25) is 0 Å². The van der Waals surface area contributed by atoms with Gasteiger partial charge in [0, 0.05) is 17.8 Å². The van der Waals surface area contributed by atoms with Crippen LogP contribution in [0.15, 0.2) is 52.4 Å². The first-order chi connectivity index (χ1) is 18.1. The van der Waals surface area contributed by atoms with Gasteiger partial charge in [0.25, 0.3) is 5.91 Å². The van der Waals surface area contributed by atoms with Crippen LogP contribution in [0.4, 0.5) is 5.69 Å². The average molecular weight is 537 g/mol. The molecular weight excluding hydrogens is 500 g/mol. The fourth-order valence-corrected chi connectivity index (χ4v) is 5.13. The Morgan fingerprint density at radius 1 is 0.974 bits per heavy atom. The molecule has 208 valence electrons. The molecule has 1 amide bonds. The van der Waals surface area contributed by atoms with Crippen LogP contribution >= 0.6 is 0 Å². The van der Waals surface area contributed by atoms with Gasteiger partial charge in [-0.25, -0.2) is 4.79 Å². The van der Waals surface area contributed by atoms with E-state index in [2.05, 4.69) is 5.32 Å². The van der Waals surface area contributed by atoms with Crippen molar-refractivity contribution in [3.8, 4) is 0 Å². The molecule has 9 nitrogen and oxygen atoms in total. The highest BCUT2D eigenvalue weighted by Gasteiger charge is 2.57. The summed E-state index contributed by atoms with van der Waals surface area (Å²) in [6.07, 6.45) is 1.86. The molecule has 1 N–H and O–H groups in total. The summed E-state index contributed by atoms with van der Waals surface area (Å²) in [6.45, 7) is 12.0. The summed E-state index contributed by atoms with van der Waals surface area (Å²) in [7, 11) is 1.16. The molecule has 0 fully saturated rings. The zero-order valence-corrected chi connectivity index (χ0v) is 23.8. The number of esters is 3. The van der Waals surface area contributed by atoms with Crippen molar-refractivity contribution in [2.24, 2.45) is 5.41 Å². The number of anilines is 1. The summed E-state index contributed by atoms with van der Waals surface area (Å²) < 4.78 is 16.5. The fourth-order valence-electron chi connectivity index (χ4n) is 5.13. The minimum atomic E-state index is -2.06. The molecule has 39 heavy (non-hydrogen) atoms. The molecule has 0 atom stereocenters. The maximum Gasteiger partial charge on any atom is 0.343 e. The number of carbonyl (C=O) groups is 4.